The summed E-state index contributed by atoms with van der Waals surface area (Å²) >= 11 is 0. The van der Waals surface area contributed by atoms with Crippen LogP contribution in [0, 0.1) is 0 Å². The van der Waals surface area contributed by atoms with E-state index in [1.54, 1.807) is 24.3 Å². The maximum absolute atomic E-state index is 11.6. The van der Waals surface area contributed by atoms with Gasteiger partial charge in [-0.3, -0.25) is 0 Å². The normalized spacial score (nSPS) is 19.5. The molecule has 1 aliphatic rings. The highest BCUT2D eigenvalue weighted by Gasteiger charge is 2.28. The first kappa shape index (κ1) is 10.3. The second-order valence-electron chi connectivity index (χ2n) is 3.69. The molecule has 2 N–H and O–H groups in total. The number of hydrogen-bond donors (Lipinski definition) is 1. The zero-order valence-electron chi connectivity index (χ0n) is 8.34. The Bertz CT molecular complexity index is 518. The van der Waals surface area contributed by atoms with Crippen LogP contribution in [0.25, 0.3) is 0 Å². The van der Waals surface area contributed by atoms with E-state index in [-0.39, 0.29) is 6.04 Å². The van der Waals surface area contributed by atoms with Gasteiger partial charge in [0, 0.05) is 18.0 Å². The van der Waals surface area contributed by atoms with Gasteiger partial charge in [0.25, 0.3) is 10.0 Å². The molecule has 1 aromatic carbocycles. The van der Waals surface area contributed by atoms with Crippen LogP contribution >= 0.6 is 0 Å². The predicted molar refractivity (Wildman–Crippen MR) is 58.4 cm³/mol. The molecule has 0 saturated carbocycles. The Labute approximate surface area is 88.9 Å². The third kappa shape index (κ3) is 1.80. The third-order valence-electron chi connectivity index (χ3n) is 2.22. The lowest BCUT2D eigenvalue weighted by Gasteiger charge is -2.04. The number of fused-ring (bicyclic) bond motifs is 1. The molecule has 0 aromatic heterocycles. The number of sulfonamides is 1. The van der Waals surface area contributed by atoms with Crippen LogP contribution in [0.15, 0.2) is 33.6 Å². The lowest BCUT2D eigenvalue weighted by Crippen LogP contribution is -2.19. The van der Waals surface area contributed by atoms with Crippen molar-refractivity contribution < 1.29 is 8.42 Å². The van der Waals surface area contributed by atoms with Gasteiger partial charge in [-0.1, -0.05) is 18.2 Å². The third-order valence-corrected chi connectivity index (χ3v) is 3.59. The molecule has 5 heteroatoms. The average Bonchev–Trinajstić information content (AvgIpc) is 2.39. The van der Waals surface area contributed by atoms with E-state index in [1.165, 1.54) is 0 Å². The van der Waals surface area contributed by atoms with Crippen molar-refractivity contribution in [3.8, 4) is 0 Å². The molecule has 0 spiro atoms. The van der Waals surface area contributed by atoms with Crippen LogP contribution in [-0.2, 0) is 10.0 Å². The largest absolute Gasteiger partial charge is 0.328 e. The maximum Gasteiger partial charge on any atom is 0.283 e. The molecule has 80 valence electrons. The minimum absolute atomic E-state index is 0.0925. The summed E-state index contributed by atoms with van der Waals surface area (Å²) in [6, 6.07) is 6.74. The van der Waals surface area contributed by atoms with E-state index in [4.69, 9.17) is 5.73 Å². The molecular weight excluding hydrogens is 212 g/mol. The van der Waals surface area contributed by atoms with Gasteiger partial charge in [0.1, 0.15) is 0 Å². The van der Waals surface area contributed by atoms with Crippen molar-refractivity contribution in [1.29, 1.82) is 0 Å². The van der Waals surface area contributed by atoms with Crippen molar-refractivity contribution in [2.24, 2.45) is 10.1 Å². The van der Waals surface area contributed by atoms with E-state index in [1.807, 2.05) is 6.92 Å². The first-order chi connectivity index (χ1) is 7.00. The Morgan fingerprint density at radius 2 is 2.07 bits per heavy atom. The van der Waals surface area contributed by atoms with Gasteiger partial charge in [0.2, 0.25) is 0 Å². The molecular formula is C10H12N2O2S. The number of hydrogen-bond acceptors (Lipinski definition) is 3. The van der Waals surface area contributed by atoms with Crippen LogP contribution in [0.4, 0.5) is 0 Å². The maximum atomic E-state index is 11.6. The molecule has 1 heterocycles. The van der Waals surface area contributed by atoms with Crippen molar-refractivity contribution in [2.75, 3.05) is 0 Å². The highest BCUT2D eigenvalue weighted by Crippen LogP contribution is 2.27. The van der Waals surface area contributed by atoms with Crippen molar-refractivity contribution in [1.82, 2.24) is 0 Å². The Balaban J connectivity index is 2.54. The molecule has 0 aliphatic carbocycles. The van der Waals surface area contributed by atoms with Crippen molar-refractivity contribution in [2.45, 2.75) is 24.3 Å². The van der Waals surface area contributed by atoms with E-state index in [0.717, 1.165) is 0 Å². The van der Waals surface area contributed by atoms with Gasteiger partial charge in [0.05, 0.1) is 10.6 Å². The predicted octanol–water partition coefficient (Wildman–Crippen LogP) is 0.915. The van der Waals surface area contributed by atoms with Gasteiger partial charge >= 0.3 is 0 Å². The summed E-state index contributed by atoms with van der Waals surface area (Å²) in [7, 11) is -3.47. The zero-order valence-corrected chi connectivity index (χ0v) is 9.16. The molecule has 1 atom stereocenters. The van der Waals surface area contributed by atoms with Crippen LogP contribution < -0.4 is 5.73 Å². The van der Waals surface area contributed by atoms with Crippen LogP contribution in [0.5, 0.6) is 0 Å². The SMILES string of the molecule is CC(N)CC1=NS(=O)(=O)c2ccccc21. The standard InChI is InChI=1S/C10H12N2O2S/c1-7(11)6-9-8-4-2-3-5-10(8)15(13,14)12-9/h2-5,7H,6,11H2,1H3. The van der Waals surface area contributed by atoms with Gasteiger partial charge < -0.3 is 5.73 Å². The number of benzene rings is 1. The smallest absolute Gasteiger partial charge is 0.283 e. The topological polar surface area (TPSA) is 72.5 Å². The molecule has 1 aliphatic heterocycles. The summed E-state index contributed by atoms with van der Waals surface area (Å²) in [5.41, 5.74) is 6.90. The summed E-state index contributed by atoms with van der Waals surface area (Å²) in [6.45, 7) is 1.83. The number of rotatable bonds is 2. The fourth-order valence-corrected chi connectivity index (χ4v) is 2.90. The minimum Gasteiger partial charge on any atom is -0.328 e. The minimum atomic E-state index is -3.47. The number of nitrogens with zero attached hydrogens (tertiary/aromatic N) is 1. The molecule has 0 bridgehead atoms. The summed E-state index contributed by atoms with van der Waals surface area (Å²) in [4.78, 5) is 0.292. The van der Waals surface area contributed by atoms with Crippen molar-refractivity contribution in [3.05, 3.63) is 29.8 Å². The zero-order chi connectivity index (χ0) is 11.1. The first-order valence-corrected chi connectivity index (χ1v) is 6.13. The number of nitrogens with two attached hydrogens (primary N) is 1. The van der Waals surface area contributed by atoms with Crippen molar-refractivity contribution >= 4 is 15.7 Å². The van der Waals surface area contributed by atoms with E-state index in [0.29, 0.717) is 22.6 Å². The summed E-state index contributed by atoms with van der Waals surface area (Å²) in [5.74, 6) is 0. The quantitative estimate of drug-likeness (QED) is 0.811. The van der Waals surface area contributed by atoms with Crippen molar-refractivity contribution in [3.63, 3.8) is 0 Å². The molecule has 1 unspecified atom stereocenters. The van der Waals surface area contributed by atoms with Gasteiger partial charge in [-0.05, 0) is 13.0 Å². The second kappa shape index (κ2) is 3.43. The second-order valence-corrected chi connectivity index (χ2v) is 5.26. The van der Waals surface area contributed by atoms with E-state index in [2.05, 4.69) is 4.40 Å². The highest BCUT2D eigenvalue weighted by atomic mass is 32.2. The first-order valence-electron chi connectivity index (χ1n) is 4.69. The van der Waals surface area contributed by atoms with Gasteiger partial charge in [-0.25, -0.2) is 0 Å². The van der Waals surface area contributed by atoms with E-state index in [9.17, 15) is 8.42 Å². The molecule has 0 fully saturated rings. The van der Waals surface area contributed by atoms with Gasteiger partial charge in [0.15, 0.2) is 0 Å². The van der Waals surface area contributed by atoms with Gasteiger partial charge in [-0.15, -0.1) is 0 Å². The Morgan fingerprint density at radius 1 is 1.40 bits per heavy atom. The molecule has 0 saturated heterocycles. The molecule has 4 nitrogen and oxygen atoms in total. The fraction of sp³-hybridized carbons (Fsp3) is 0.300. The van der Waals surface area contributed by atoms with Crippen LogP contribution in [-0.4, -0.2) is 20.2 Å². The van der Waals surface area contributed by atoms with E-state index >= 15 is 0 Å². The summed E-state index contributed by atoms with van der Waals surface area (Å²) in [6.07, 6.45) is 0.482. The molecule has 1 aromatic rings. The van der Waals surface area contributed by atoms with Crippen LogP contribution in [0.2, 0.25) is 0 Å². The lowest BCUT2D eigenvalue weighted by atomic mass is 10.0. The summed E-state index contributed by atoms with van der Waals surface area (Å²) < 4.78 is 27.0. The Hall–Kier alpha value is -1.20. The highest BCUT2D eigenvalue weighted by molar-refractivity contribution is 7.90. The summed E-state index contributed by atoms with van der Waals surface area (Å²) in [5, 5.41) is 0. The lowest BCUT2D eigenvalue weighted by molar-refractivity contribution is 0.599. The monoisotopic (exact) mass is 224 g/mol. The Kier molecular flexibility index (Phi) is 2.36. The molecule has 0 amide bonds. The molecule has 2 rings (SSSR count). The van der Waals surface area contributed by atoms with Crippen LogP contribution in [0.1, 0.15) is 18.9 Å². The Morgan fingerprint density at radius 3 is 2.73 bits per heavy atom. The molecule has 0 radical (unpaired) electrons. The average molecular weight is 224 g/mol. The van der Waals surface area contributed by atoms with Gasteiger partial charge in [-0.2, -0.15) is 12.8 Å². The fourth-order valence-electron chi connectivity index (χ4n) is 1.63. The molecule has 15 heavy (non-hydrogen) atoms. The van der Waals surface area contributed by atoms with Crippen LogP contribution in [0.3, 0.4) is 0 Å². The van der Waals surface area contributed by atoms with E-state index < -0.39 is 10.0 Å².